The van der Waals surface area contributed by atoms with Gasteiger partial charge in [0.2, 0.25) is 0 Å². The summed E-state index contributed by atoms with van der Waals surface area (Å²) in [6.45, 7) is 0. The second kappa shape index (κ2) is 3.59. The van der Waals surface area contributed by atoms with Crippen LogP contribution in [0.4, 0.5) is 0 Å². The second-order valence-corrected chi connectivity index (χ2v) is 3.94. The minimum absolute atomic E-state index is 0.236. The lowest BCUT2D eigenvalue weighted by atomic mass is 10.0. The molecule has 0 bridgehead atoms. The van der Waals surface area contributed by atoms with Crippen LogP contribution in [0.1, 0.15) is 0 Å². The van der Waals surface area contributed by atoms with Crippen LogP contribution in [0, 0.1) is 0 Å². The summed E-state index contributed by atoms with van der Waals surface area (Å²) in [5, 5.41) is 15.0. The molecule has 17 heavy (non-hydrogen) atoms. The Labute approximate surface area is 98.2 Å². The summed E-state index contributed by atoms with van der Waals surface area (Å²) >= 11 is 0. The number of hydrogen-bond donors (Lipinski definition) is 1. The molecule has 3 rings (SSSR count). The molecular weight excluding hydrogens is 214 g/mol. The van der Waals surface area contributed by atoms with Crippen molar-refractivity contribution in [3.05, 3.63) is 42.9 Å². The average molecular weight is 225 g/mol. The molecular formula is C13H11N3O. The SMILES string of the molecule is Cn1ncc2c(-c3cccnc3)cc(O)cc21. The molecule has 2 heterocycles. The van der Waals surface area contributed by atoms with E-state index in [2.05, 4.69) is 10.1 Å². The fraction of sp³-hybridized carbons (Fsp3) is 0.0769. The minimum Gasteiger partial charge on any atom is -0.508 e. The van der Waals surface area contributed by atoms with Crippen LogP contribution in [0.5, 0.6) is 5.75 Å². The van der Waals surface area contributed by atoms with Gasteiger partial charge in [0.1, 0.15) is 5.75 Å². The van der Waals surface area contributed by atoms with Crippen LogP contribution in [0.15, 0.2) is 42.9 Å². The summed E-state index contributed by atoms with van der Waals surface area (Å²) in [6.07, 6.45) is 5.31. The van der Waals surface area contributed by atoms with Gasteiger partial charge in [-0.15, -0.1) is 0 Å². The maximum Gasteiger partial charge on any atom is 0.118 e. The number of phenolic OH excluding ortho intramolecular Hbond substituents is 1. The lowest BCUT2D eigenvalue weighted by Crippen LogP contribution is -1.89. The van der Waals surface area contributed by atoms with Gasteiger partial charge in [-0.2, -0.15) is 5.10 Å². The zero-order valence-electron chi connectivity index (χ0n) is 9.33. The van der Waals surface area contributed by atoms with E-state index < -0.39 is 0 Å². The van der Waals surface area contributed by atoms with Crippen molar-refractivity contribution in [1.29, 1.82) is 0 Å². The fourth-order valence-electron chi connectivity index (χ4n) is 1.99. The van der Waals surface area contributed by atoms with Gasteiger partial charge in [-0.25, -0.2) is 0 Å². The van der Waals surface area contributed by atoms with E-state index in [0.29, 0.717) is 0 Å². The number of aryl methyl sites for hydroxylation is 1. The summed E-state index contributed by atoms with van der Waals surface area (Å²) in [7, 11) is 1.86. The van der Waals surface area contributed by atoms with Crippen molar-refractivity contribution in [3.8, 4) is 16.9 Å². The third-order valence-electron chi connectivity index (χ3n) is 2.82. The Hall–Kier alpha value is -2.36. The molecule has 2 aromatic heterocycles. The Bertz CT molecular complexity index is 674. The first-order chi connectivity index (χ1) is 8.25. The minimum atomic E-state index is 0.236. The Morgan fingerprint density at radius 3 is 2.88 bits per heavy atom. The Morgan fingerprint density at radius 1 is 1.24 bits per heavy atom. The van der Waals surface area contributed by atoms with Gasteiger partial charge in [0, 0.05) is 36.5 Å². The number of pyridine rings is 1. The molecule has 0 saturated heterocycles. The van der Waals surface area contributed by atoms with Gasteiger partial charge in [-0.05, 0) is 17.7 Å². The topological polar surface area (TPSA) is 50.9 Å². The molecule has 0 aliphatic heterocycles. The van der Waals surface area contributed by atoms with E-state index in [9.17, 15) is 5.11 Å². The highest BCUT2D eigenvalue weighted by atomic mass is 16.3. The lowest BCUT2D eigenvalue weighted by Gasteiger charge is -2.04. The molecule has 0 spiro atoms. The predicted molar refractivity (Wildman–Crippen MR) is 65.6 cm³/mol. The van der Waals surface area contributed by atoms with Crippen molar-refractivity contribution < 1.29 is 5.11 Å². The molecule has 4 heteroatoms. The van der Waals surface area contributed by atoms with E-state index in [1.54, 1.807) is 35.4 Å². The molecule has 3 aromatic rings. The number of aromatic nitrogens is 3. The third-order valence-corrected chi connectivity index (χ3v) is 2.82. The van der Waals surface area contributed by atoms with Crippen molar-refractivity contribution >= 4 is 10.9 Å². The smallest absolute Gasteiger partial charge is 0.118 e. The number of benzene rings is 1. The Kier molecular flexibility index (Phi) is 2.08. The van der Waals surface area contributed by atoms with Crippen LogP contribution >= 0.6 is 0 Å². The highest BCUT2D eigenvalue weighted by Gasteiger charge is 2.09. The molecule has 1 aromatic carbocycles. The fourth-order valence-corrected chi connectivity index (χ4v) is 1.99. The van der Waals surface area contributed by atoms with Gasteiger partial charge < -0.3 is 5.11 Å². The highest BCUT2D eigenvalue weighted by Crippen LogP contribution is 2.31. The van der Waals surface area contributed by atoms with E-state index in [0.717, 1.165) is 22.0 Å². The van der Waals surface area contributed by atoms with Crippen molar-refractivity contribution in [2.24, 2.45) is 7.05 Å². The van der Waals surface area contributed by atoms with Gasteiger partial charge >= 0.3 is 0 Å². The zero-order chi connectivity index (χ0) is 11.8. The first-order valence-corrected chi connectivity index (χ1v) is 5.31. The normalized spacial score (nSPS) is 10.9. The first kappa shape index (κ1) is 9.84. The summed E-state index contributed by atoms with van der Waals surface area (Å²) in [6, 6.07) is 7.29. The number of rotatable bonds is 1. The maximum atomic E-state index is 9.75. The Morgan fingerprint density at radius 2 is 2.12 bits per heavy atom. The number of aromatic hydroxyl groups is 1. The van der Waals surface area contributed by atoms with Crippen LogP contribution in [0.3, 0.4) is 0 Å². The molecule has 0 atom stereocenters. The van der Waals surface area contributed by atoms with Crippen LogP contribution in [0.2, 0.25) is 0 Å². The van der Waals surface area contributed by atoms with Crippen molar-refractivity contribution in [2.45, 2.75) is 0 Å². The molecule has 0 amide bonds. The molecule has 0 radical (unpaired) electrons. The number of hydrogen-bond acceptors (Lipinski definition) is 3. The zero-order valence-corrected chi connectivity index (χ0v) is 9.33. The molecule has 4 nitrogen and oxygen atoms in total. The largest absolute Gasteiger partial charge is 0.508 e. The van der Waals surface area contributed by atoms with E-state index in [-0.39, 0.29) is 5.75 Å². The van der Waals surface area contributed by atoms with Crippen molar-refractivity contribution in [1.82, 2.24) is 14.8 Å². The van der Waals surface area contributed by atoms with Gasteiger partial charge in [0.25, 0.3) is 0 Å². The quantitative estimate of drug-likeness (QED) is 0.691. The molecule has 0 aliphatic rings. The Balaban J connectivity index is 2.36. The predicted octanol–water partition coefficient (Wildman–Crippen LogP) is 2.34. The maximum absolute atomic E-state index is 9.75. The summed E-state index contributed by atoms with van der Waals surface area (Å²) in [5.74, 6) is 0.236. The molecule has 0 unspecified atom stereocenters. The standard InChI is InChI=1S/C13H11N3O/c1-16-13-6-10(17)5-11(12(13)8-15-16)9-3-2-4-14-7-9/h2-8,17H,1H3. The van der Waals surface area contributed by atoms with Gasteiger partial charge in [-0.3, -0.25) is 9.67 Å². The van der Waals surface area contributed by atoms with Crippen LogP contribution in [-0.4, -0.2) is 19.9 Å². The molecule has 84 valence electrons. The first-order valence-electron chi connectivity index (χ1n) is 5.31. The van der Waals surface area contributed by atoms with Crippen LogP contribution in [0.25, 0.3) is 22.0 Å². The lowest BCUT2D eigenvalue weighted by molar-refractivity contribution is 0.476. The van der Waals surface area contributed by atoms with Crippen molar-refractivity contribution in [2.75, 3.05) is 0 Å². The van der Waals surface area contributed by atoms with Gasteiger partial charge in [0.15, 0.2) is 0 Å². The van der Waals surface area contributed by atoms with E-state index >= 15 is 0 Å². The summed E-state index contributed by atoms with van der Waals surface area (Å²) < 4.78 is 1.74. The third kappa shape index (κ3) is 1.54. The van der Waals surface area contributed by atoms with Gasteiger partial charge in [-0.1, -0.05) is 6.07 Å². The molecule has 1 N–H and O–H groups in total. The van der Waals surface area contributed by atoms with E-state index in [1.165, 1.54) is 0 Å². The summed E-state index contributed by atoms with van der Waals surface area (Å²) in [4.78, 5) is 4.10. The highest BCUT2D eigenvalue weighted by molar-refractivity contribution is 5.95. The van der Waals surface area contributed by atoms with Crippen LogP contribution < -0.4 is 0 Å². The summed E-state index contributed by atoms with van der Waals surface area (Å²) in [5.41, 5.74) is 2.83. The van der Waals surface area contributed by atoms with Crippen molar-refractivity contribution in [3.63, 3.8) is 0 Å². The van der Waals surface area contributed by atoms with Gasteiger partial charge in [0.05, 0.1) is 11.7 Å². The second-order valence-electron chi connectivity index (χ2n) is 3.94. The number of fused-ring (bicyclic) bond motifs is 1. The molecule has 0 saturated carbocycles. The van der Waals surface area contributed by atoms with E-state index in [1.807, 2.05) is 19.2 Å². The average Bonchev–Trinajstić information content (AvgIpc) is 2.72. The number of nitrogens with zero attached hydrogens (tertiary/aromatic N) is 3. The van der Waals surface area contributed by atoms with Crippen LogP contribution in [-0.2, 0) is 7.05 Å². The van der Waals surface area contributed by atoms with E-state index in [4.69, 9.17) is 0 Å². The molecule has 0 aliphatic carbocycles. The molecule has 0 fully saturated rings. The number of phenols is 1. The monoisotopic (exact) mass is 225 g/mol.